The lowest BCUT2D eigenvalue weighted by molar-refractivity contribution is -0.134. The smallest absolute Gasteiger partial charge is 0.427 e. The van der Waals surface area contributed by atoms with Crippen molar-refractivity contribution in [3.05, 3.63) is 58.9 Å². The van der Waals surface area contributed by atoms with E-state index in [1.165, 1.54) is 31.2 Å². The zero-order chi connectivity index (χ0) is 22.6. The second-order valence-electron chi connectivity index (χ2n) is 7.92. The zero-order valence-corrected chi connectivity index (χ0v) is 18.3. The molecule has 0 aliphatic carbocycles. The molecule has 31 heavy (non-hydrogen) atoms. The quantitative estimate of drug-likeness (QED) is 0.476. The molecule has 1 amide bonds. The highest BCUT2D eigenvalue weighted by molar-refractivity contribution is 6.66. The highest BCUT2D eigenvalue weighted by Crippen LogP contribution is 2.40. The van der Waals surface area contributed by atoms with Crippen molar-refractivity contribution < 1.29 is 23.7 Å². The van der Waals surface area contributed by atoms with Crippen LogP contribution in [0.4, 0.5) is 4.39 Å². The van der Waals surface area contributed by atoms with E-state index in [4.69, 9.17) is 16.3 Å². The number of halogens is 2. The predicted molar refractivity (Wildman–Crippen MR) is 121 cm³/mol. The second kappa shape index (κ2) is 9.98. The first-order chi connectivity index (χ1) is 14.8. The average Bonchev–Trinajstić information content (AvgIpc) is 3.01. The number of benzene rings is 2. The first-order valence-corrected chi connectivity index (χ1v) is 10.6. The van der Waals surface area contributed by atoms with Gasteiger partial charge in [-0.2, -0.15) is 0 Å². The van der Waals surface area contributed by atoms with E-state index in [1.807, 2.05) is 31.2 Å². The normalized spacial score (nSPS) is 20.7. The van der Waals surface area contributed by atoms with Crippen molar-refractivity contribution in [2.75, 3.05) is 6.61 Å². The summed E-state index contributed by atoms with van der Waals surface area (Å²) >= 11 is 5.99. The third-order valence-corrected chi connectivity index (χ3v) is 6.11. The van der Waals surface area contributed by atoms with Gasteiger partial charge in [-0.05, 0) is 55.4 Å². The van der Waals surface area contributed by atoms with E-state index in [0.717, 1.165) is 5.56 Å². The summed E-state index contributed by atoms with van der Waals surface area (Å²) in [6.07, 6.45) is 2.18. The van der Waals surface area contributed by atoms with Crippen LogP contribution in [0, 0.1) is 11.2 Å². The van der Waals surface area contributed by atoms with E-state index in [1.54, 1.807) is 6.07 Å². The third-order valence-electron chi connectivity index (χ3n) is 5.87. The van der Waals surface area contributed by atoms with Gasteiger partial charge in [0.05, 0.1) is 5.41 Å². The minimum absolute atomic E-state index is 0.0900. The molecular weight excluding hydrogens is 418 g/mol. The van der Waals surface area contributed by atoms with E-state index >= 15 is 0 Å². The van der Waals surface area contributed by atoms with Crippen LogP contribution in [0.3, 0.4) is 0 Å². The van der Waals surface area contributed by atoms with E-state index in [0.29, 0.717) is 41.6 Å². The first-order valence-electron chi connectivity index (χ1n) is 10.2. The summed E-state index contributed by atoms with van der Waals surface area (Å²) in [5.74, 6) is -0.526. The minimum atomic E-state index is -0.974. The topological polar surface area (TPSA) is 66.8 Å². The van der Waals surface area contributed by atoms with Gasteiger partial charge in [-0.15, -0.1) is 0 Å². The molecule has 0 bridgehead atoms. The van der Waals surface area contributed by atoms with Crippen LogP contribution in [0.25, 0.3) is 11.1 Å². The molecule has 2 atom stereocenters. The fourth-order valence-corrected chi connectivity index (χ4v) is 4.28. The molecule has 0 saturated carbocycles. The van der Waals surface area contributed by atoms with Crippen LogP contribution in [0.2, 0.25) is 11.8 Å². The Labute approximate surface area is 187 Å². The molecule has 1 heterocycles. The van der Waals surface area contributed by atoms with Crippen molar-refractivity contribution in [3.8, 4) is 11.1 Å². The van der Waals surface area contributed by atoms with Crippen molar-refractivity contribution in [2.45, 2.75) is 39.1 Å². The molecule has 0 aromatic heterocycles. The Kier molecular flexibility index (Phi) is 7.57. The lowest BCUT2D eigenvalue weighted by atomic mass is 9.81. The average molecular weight is 443 g/mol. The predicted octanol–water partition coefficient (Wildman–Crippen LogP) is 3.62. The van der Waals surface area contributed by atoms with Gasteiger partial charge in [0.25, 0.3) is 0 Å². The summed E-state index contributed by atoms with van der Waals surface area (Å²) in [7, 11) is 0.292. The standard InChI is InChI=1S/C22H24B2ClFNO4/c1-3-22(13-31-24(2)30)12-18(27(21(22)29)23-14-28)10-15-4-6-16(7-5-15)19-11-17(25)8-9-20(19)26/h4-9,11,14,18,30H,3,10,12-13H2,1-2H3/t18-,22?/m1/s1. The van der Waals surface area contributed by atoms with Gasteiger partial charge >= 0.3 is 14.5 Å². The molecule has 161 valence electrons. The first kappa shape index (κ1) is 23.5. The summed E-state index contributed by atoms with van der Waals surface area (Å²) in [5.41, 5.74) is 1.30. The van der Waals surface area contributed by atoms with E-state index in [2.05, 4.69) is 0 Å². The second-order valence-corrected chi connectivity index (χ2v) is 8.36. The van der Waals surface area contributed by atoms with Gasteiger partial charge in [0.1, 0.15) is 12.0 Å². The van der Waals surface area contributed by atoms with Crippen molar-refractivity contribution in [1.29, 1.82) is 0 Å². The lowest BCUT2D eigenvalue weighted by Gasteiger charge is -2.26. The van der Waals surface area contributed by atoms with Gasteiger partial charge in [-0.25, -0.2) is 4.39 Å². The maximum Gasteiger partial charge on any atom is 0.450 e. The number of rotatable bonds is 9. The lowest BCUT2D eigenvalue weighted by Crippen LogP contribution is -2.42. The molecule has 1 unspecified atom stereocenters. The largest absolute Gasteiger partial charge is 0.450 e. The maximum atomic E-state index is 14.1. The number of nitrogens with zero attached hydrogens (tertiary/aromatic N) is 1. The Morgan fingerprint density at radius 1 is 1.35 bits per heavy atom. The number of carbonyl (C=O) groups is 2. The van der Waals surface area contributed by atoms with Gasteiger partial charge in [-0.1, -0.05) is 42.8 Å². The molecular formula is C22H24B2ClFNO4. The SMILES string of the molecule is CCC1(COB(C)O)C[C@@H](Cc2ccc(-c3cc(Cl)ccc3F)cc2)N([B]C=O)C1=O. The Morgan fingerprint density at radius 3 is 2.68 bits per heavy atom. The van der Waals surface area contributed by atoms with Crippen molar-refractivity contribution in [3.63, 3.8) is 0 Å². The van der Waals surface area contributed by atoms with Crippen LogP contribution < -0.4 is 0 Å². The molecule has 1 radical (unpaired) electrons. The molecule has 1 aliphatic heterocycles. The highest BCUT2D eigenvalue weighted by atomic mass is 35.5. The van der Waals surface area contributed by atoms with Gasteiger partial charge in [-0.3, -0.25) is 4.79 Å². The zero-order valence-electron chi connectivity index (χ0n) is 17.6. The van der Waals surface area contributed by atoms with Crippen LogP contribution in [-0.4, -0.2) is 49.1 Å². The Balaban J connectivity index is 1.80. The third kappa shape index (κ3) is 5.20. The van der Waals surface area contributed by atoms with Crippen molar-refractivity contribution in [1.82, 2.24) is 4.81 Å². The van der Waals surface area contributed by atoms with Crippen LogP contribution in [0.1, 0.15) is 25.3 Å². The van der Waals surface area contributed by atoms with Crippen molar-refractivity contribution >= 4 is 38.2 Å². The van der Waals surface area contributed by atoms with E-state index in [9.17, 15) is 19.0 Å². The molecule has 1 fully saturated rings. The molecule has 3 rings (SSSR count). The maximum absolute atomic E-state index is 14.1. The number of carbonyl (C=O) groups excluding carboxylic acids is 2. The summed E-state index contributed by atoms with van der Waals surface area (Å²) in [5, 5.41) is 9.95. The summed E-state index contributed by atoms with van der Waals surface area (Å²) in [6, 6.07) is 11.6. The van der Waals surface area contributed by atoms with Gasteiger partial charge in [0, 0.05) is 23.2 Å². The molecule has 5 nitrogen and oxygen atoms in total. The monoisotopic (exact) mass is 442 g/mol. The van der Waals surface area contributed by atoms with Gasteiger partial charge in [0.2, 0.25) is 5.91 Å². The van der Waals surface area contributed by atoms with Crippen LogP contribution in [0.5, 0.6) is 0 Å². The summed E-state index contributed by atoms with van der Waals surface area (Å²) < 4.78 is 19.5. The fraction of sp³-hybridized carbons (Fsp3) is 0.364. The fourth-order valence-electron chi connectivity index (χ4n) is 4.11. The molecule has 2 aromatic carbocycles. The summed E-state index contributed by atoms with van der Waals surface area (Å²) in [6.45, 7) is 3.49. The number of amides is 1. The Morgan fingerprint density at radius 2 is 2.06 bits per heavy atom. The molecule has 2 aromatic rings. The van der Waals surface area contributed by atoms with Gasteiger partial charge in [0.15, 0.2) is 0 Å². The Hall–Kier alpha value is -2.15. The van der Waals surface area contributed by atoms with Crippen molar-refractivity contribution in [2.24, 2.45) is 5.41 Å². The molecule has 1 aliphatic rings. The van der Waals surface area contributed by atoms with Crippen LogP contribution >= 0.6 is 11.6 Å². The molecule has 1 saturated heterocycles. The van der Waals surface area contributed by atoms with Gasteiger partial charge < -0.3 is 19.3 Å². The summed E-state index contributed by atoms with van der Waals surface area (Å²) in [4.78, 5) is 25.7. The van der Waals surface area contributed by atoms with E-state index in [-0.39, 0.29) is 24.4 Å². The number of hydrogen-bond donors (Lipinski definition) is 1. The highest BCUT2D eigenvalue weighted by Gasteiger charge is 2.50. The number of hydrogen-bond acceptors (Lipinski definition) is 4. The van der Waals surface area contributed by atoms with E-state index < -0.39 is 12.5 Å². The Bertz CT molecular complexity index is 944. The van der Waals surface area contributed by atoms with Crippen LogP contribution in [0.15, 0.2) is 42.5 Å². The minimum Gasteiger partial charge on any atom is -0.427 e. The molecule has 0 spiro atoms. The molecule has 1 N–H and O–H groups in total. The van der Waals surface area contributed by atoms with Crippen LogP contribution in [-0.2, 0) is 20.7 Å². The molecule has 9 heteroatoms.